The Kier molecular flexibility index (Phi) is 6.95. The van der Waals surface area contributed by atoms with E-state index in [1.165, 1.54) is 42.3 Å². The number of aryl methyl sites for hydroxylation is 1. The number of imidazole rings is 1. The topological polar surface area (TPSA) is 36.9 Å². The van der Waals surface area contributed by atoms with Crippen molar-refractivity contribution in [1.29, 1.82) is 0 Å². The van der Waals surface area contributed by atoms with Gasteiger partial charge in [-0.25, -0.2) is 4.98 Å². The number of rotatable bonds is 4. The Balaban J connectivity index is 1.23. The van der Waals surface area contributed by atoms with Crippen LogP contribution in [0.2, 0.25) is 0 Å². The van der Waals surface area contributed by atoms with E-state index in [4.69, 9.17) is 9.72 Å². The molecule has 2 atom stereocenters. The molecule has 0 aliphatic heterocycles. The van der Waals surface area contributed by atoms with E-state index in [2.05, 4.69) is 165 Å². The van der Waals surface area contributed by atoms with Crippen LogP contribution in [-0.4, -0.2) is 18.7 Å². The van der Waals surface area contributed by atoms with Gasteiger partial charge in [0.15, 0.2) is 0 Å². The van der Waals surface area contributed by atoms with Gasteiger partial charge in [-0.3, -0.25) is 0 Å². The quantitative estimate of drug-likeness (QED) is 0.178. The van der Waals surface area contributed by atoms with Gasteiger partial charge >= 0.3 is 202 Å². The molecular formula is C40H38N4OPt. The van der Waals surface area contributed by atoms with Crippen LogP contribution in [0.3, 0.4) is 0 Å². The minimum absolute atomic E-state index is 0.0228. The third-order valence-electron chi connectivity index (χ3n) is 9.80. The Morgan fingerprint density at radius 1 is 0.739 bits per heavy atom. The van der Waals surface area contributed by atoms with Crippen molar-refractivity contribution in [3.63, 3.8) is 0 Å². The number of hydrogen-bond donors (Lipinski definition) is 0. The van der Waals surface area contributed by atoms with Crippen LogP contribution in [0.5, 0.6) is 11.5 Å². The van der Waals surface area contributed by atoms with E-state index in [1.54, 1.807) is 0 Å². The molecule has 2 unspecified atom stereocenters. The average Bonchev–Trinajstić information content (AvgIpc) is 3.51. The van der Waals surface area contributed by atoms with E-state index in [0.29, 0.717) is 5.92 Å². The molecule has 0 saturated heterocycles. The Morgan fingerprint density at radius 2 is 1.43 bits per heavy atom. The molecule has 1 aliphatic rings. The van der Waals surface area contributed by atoms with Gasteiger partial charge in [0.05, 0.1) is 0 Å². The van der Waals surface area contributed by atoms with Crippen molar-refractivity contribution >= 4 is 32.8 Å². The molecule has 3 aromatic heterocycles. The Bertz CT molecular complexity index is 2350. The van der Waals surface area contributed by atoms with Crippen LogP contribution in [0.1, 0.15) is 69.2 Å². The molecule has 1 aliphatic carbocycles. The average molecular weight is 786 g/mol. The summed E-state index contributed by atoms with van der Waals surface area (Å²) in [7, 11) is 2.16. The first-order chi connectivity index (χ1) is 22.2. The SMILES string of the molecule is CC1CCC(n2[c](=[Pt])n(C)c3ccccc32)c2cc(Oc3ccc4c5ccccc5n(-c5cc(C(C)(C)C)ccn5)c4c3)ccc21. The summed E-state index contributed by atoms with van der Waals surface area (Å²) in [6.07, 6.45) is 4.19. The van der Waals surface area contributed by atoms with Crippen molar-refractivity contribution in [2.75, 3.05) is 0 Å². The van der Waals surface area contributed by atoms with E-state index >= 15 is 0 Å². The number of benzene rings is 4. The summed E-state index contributed by atoms with van der Waals surface area (Å²) >= 11 is 2.49. The molecule has 8 rings (SSSR count). The number of para-hydroxylation sites is 3. The summed E-state index contributed by atoms with van der Waals surface area (Å²) in [6, 6.07) is 35.1. The van der Waals surface area contributed by atoms with Crippen LogP contribution in [0.15, 0.2) is 103 Å². The van der Waals surface area contributed by atoms with Gasteiger partial charge in [0.25, 0.3) is 0 Å². The second kappa shape index (κ2) is 11.0. The van der Waals surface area contributed by atoms with E-state index < -0.39 is 0 Å². The van der Waals surface area contributed by atoms with Gasteiger partial charge in [-0.2, -0.15) is 0 Å². The van der Waals surface area contributed by atoms with Gasteiger partial charge in [0.2, 0.25) is 0 Å². The number of aromatic nitrogens is 4. The molecule has 0 fully saturated rings. The van der Waals surface area contributed by atoms with Crippen LogP contribution in [0.4, 0.5) is 0 Å². The van der Waals surface area contributed by atoms with E-state index in [1.807, 2.05) is 6.20 Å². The zero-order chi connectivity index (χ0) is 31.7. The number of pyridine rings is 1. The van der Waals surface area contributed by atoms with Crippen molar-refractivity contribution < 1.29 is 24.1 Å². The van der Waals surface area contributed by atoms with Gasteiger partial charge in [-0.1, -0.05) is 39.0 Å². The molecule has 4 aromatic carbocycles. The summed E-state index contributed by atoms with van der Waals surface area (Å²) in [4.78, 5) is 4.85. The fraction of sp³-hybridized carbons (Fsp3) is 0.250. The Labute approximate surface area is 280 Å². The van der Waals surface area contributed by atoms with Gasteiger partial charge in [0.1, 0.15) is 0 Å². The van der Waals surface area contributed by atoms with Gasteiger partial charge < -0.3 is 0 Å². The van der Waals surface area contributed by atoms with Gasteiger partial charge in [-0.15, -0.1) is 0 Å². The second-order valence-corrected chi connectivity index (χ2v) is 14.7. The molecule has 6 heteroatoms. The van der Waals surface area contributed by atoms with Crippen LogP contribution >= 0.6 is 0 Å². The van der Waals surface area contributed by atoms with E-state index in [-0.39, 0.29) is 11.5 Å². The van der Waals surface area contributed by atoms with Crippen molar-refractivity contribution in [3.05, 3.63) is 124 Å². The maximum absolute atomic E-state index is 6.71. The number of fused-ring (bicyclic) bond motifs is 5. The predicted octanol–water partition coefficient (Wildman–Crippen LogP) is 10.1. The molecule has 234 valence electrons. The van der Waals surface area contributed by atoms with Crippen LogP contribution in [-0.2, 0) is 31.8 Å². The van der Waals surface area contributed by atoms with Gasteiger partial charge in [-0.05, 0) is 29.2 Å². The molecule has 0 N–H and O–H groups in total. The molecule has 3 heterocycles. The molecule has 46 heavy (non-hydrogen) atoms. The fourth-order valence-corrected chi connectivity index (χ4v) is 8.23. The predicted molar refractivity (Wildman–Crippen MR) is 184 cm³/mol. The standard InChI is InChI=1S/C40H38N4O.Pt/c1-26-14-19-34(43-25-42(5)36-12-8-9-13-37(36)43)33-23-28(15-17-30(26)33)45-29-16-18-32-31-10-6-7-11-35(31)44(38(32)24-29)39-22-27(20-21-41-39)40(2,3)4;/h6-13,15-18,20-24,26,34H,14,19H2,1-5H3;. The maximum atomic E-state index is 6.71. The zero-order valence-electron chi connectivity index (χ0n) is 26.9. The monoisotopic (exact) mass is 785 g/mol. The summed E-state index contributed by atoms with van der Waals surface area (Å²) in [5.41, 5.74) is 8.81. The third kappa shape index (κ3) is 4.71. The molecule has 5 nitrogen and oxygen atoms in total. The first-order valence-electron chi connectivity index (χ1n) is 16.1. The summed E-state index contributed by atoms with van der Waals surface area (Å²) < 4.78 is 15.0. The van der Waals surface area contributed by atoms with Gasteiger partial charge in [0, 0.05) is 6.20 Å². The first-order valence-corrected chi connectivity index (χ1v) is 17.3. The molecule has 0 bridgehead atoms. The molecule has 0 spiro atoms. The second-order valence-electron chi connectivity index (χ2n) is 13.7. The van der Waals surface area contributed by atoms with Crippen molar-refractivity contribution in [1.82, 2.24) is 18.7 Å². The normalized spacial score (nSPS) is 16.8. The summed E-state index contributed by atoms with van der Waals surface area (Å²) in [5, 5.41) is 2.40. The molecular weight excluding hydrogens is 748 g/mol. The van der Waals surface area contributed by atoms with E-state index in [9.17, 15) is 0 Å². The van der Waals surface area contributed by atoms with Crippen LogP contribution in [0, 0.1) is 3.80 Å². The minimum atomic E-state index is 0.0228. The number of nitrogens with zero attached hydrogens (tertiary/aromatic N) is 4. The molecule has 0 saturated carbocycles. The van der Waals surface area contributed by atoms with Crippen molar-refractivity contribution in [2.45, 2.75) is 57.9 Å². The molecule has 7 aromatic rings. The summed E-state index contributed by atoms with van der Waals surface area (Å²) in [6.45, 7) is 9.08. The number of hydrogen-bond acceptors (Lipinski definition) is 2. The fourth-order valence-electron chi connectivity index (χ4n) is 7.33. The van der Waals surface area contributed by atoms with Crippen molar-refractivity contribution in [2.24, 2.45) is 7.05 Å². The van der Waals surface area contributed by atoms with Crippen LogP contribution < -0.4 is 4.74 Å². The van der Waals surface area contributed by atoms with Crippen molar-refractivity contribution in [3.8, 4) is 17.3 Å². The summed E-state index contributed by atoms with van der Waals surface area (Å²) in [5.74, 6) is 3.11. The molecule has 0 radical (unpaired) electrons. The Hall–Kier alpha value is -4.21. The third-order valence-corrected chi connectivity index (χ3v) is 11.1. The Morgan fingerprint density at radius 3 is 2.24 bits per heavy atom. The van der Waals surface area contributed by atoms with E-state index in [0.717, 1.165) is 41.2 Å². The van der Waals surface area contributed by atoms with Crippen LogP contribution in [0.25, 0.3) is 38.7 Å². The molecule has 0 amide bonds. The zero-order valence-corrected chi connectivity index (χ0v) is 29.2. The number of ether oxygens (including phenoxy) is 1. The first kappa shape index (κ1) is 29.2.